The van der Waals surface area contributed by atoms with Crippen LogP contribution in [0.5, 0.6) is 0 Å². The summed E-state index contributed by atoms with van der Waals surface area (Å²) in [7, 11) is -3.79. The third-order valence-corrected chi connectivity index (χ3v) is 6.42. The third kappa shape index (κ3) is 5.42. The number of hydrogen-bond acceptors (Lipinski definition) is 3. The Balaban J connectivity index is 1.80. The Morgan fingerprint density at radius 1 is 0.778 bits per heavy atom. The van der Waals surface area contributed by atoms with E-state index in [1.54, 1.807) is 36.4 Å². The molecule has 0 aliphatic carbocycles. The maximum absolute atomic E-state index is 12.6. The van der Waals surface area contributed by atoms with Crippen molar-refractivity contribution < 1.29 is 13.2 Å². The maximum Gasteiger partial charge on any atom is 0.261 e. The maximum atomic E-state index is 12.6. The molecule has 0 heterocycles. The summed E-state index contributed by atoms with van der Waals surface area (Å²) in [6.45, 7) is 0. The van der Waals surface area contributed by atoms with Crippen LogP contribution in [0, 0.1) is 7.14 Å². The quantitative estimate of drug-likeness (QED) is 0.405. The molecule has 3 rings (SSSR count). The third-order valence-electron chi connectivity index (χ3n) is 3.61. The van der Waals surface area contributed by atoms with E-state index in [1.807, 2.05) is 24.3 Å². The molecular weight excluding hydrogens is 590 g/mol. The van der Waals surface area contributed by atoms with Crippen LogP contribution in [0.15, 0.2) is 77.7 Å². The summed E-state index contributed by atoms with van der Waals surface area (Å²) in [5.41, 5.74) is 1.37. The second-order valence-corrected chi connectivity index (χ2v) is 9.77. The van der Waals surface area contributed by atoms with Gasteiger partial charge < -0.3 is 5.32 Å². The number of rotatable bonds is 5. The molecule has 0 unspecified atom stereocenters. The lowest BCUT2D eigenvalue weighted by Crippen LogP contribution is -2.16. The highest BCUT2D eigenvalue weighted by atomic mass is 127. The first kappa shape index (κ1) is 20.1. The van der Waals surface area contributed by atoms with Crippen molar-refractivity contribution in [2.45, 2.75) is 4.90 Å². The highest BCUT2D eigenvalue weighted by Gasteiger charge is 2.16. The van der Waals surface area contributed by atoms with Crippen molar-refractivity contribution >= 4 is 72.5 Å². The van der Waals surface area contributed by atoms with E-state index < -0.39 is 10.0 Å². The molecule has 8 heteroatoms. The minimum absolute atomic E-state index is 0.0244. The van der Waals surface area contributed by atoms with Gasteiger partial charge in [0.25, 0.3) is 15.9 Å². The topological polar surface area (TPSA) is 75.3 Å². The van der Waals surface area contributed by atoms with Gasteiger partial charge in [0.05, 0.1) is 4.90 Å². The van der Waals surface area contributed by atoms with E-state index in [1.165, 1.54) is 12.1 Å². The van der Waals surface area contributed by atoms with Crippen molar-refractivity contribution in [1.82, 2.24) is 0 Å². The van der Waals surface area contributed by atoms with Crippen LogP contribution in [-0.4, -0.2) is 14.3 Å². The summed E-state index contributed by atoms with van der Waals surface area (Å²) in [6, 6.07) is 20.3. The molecule has 0 aliphatic heterocycles. The molecule has 27 heavy (non-hydrogen) atoms. The number of amides is 1. The molecule has 0 aromatic heterocycles. The fourth-order valence-corrected chi connectivity index (χ4v) is 4.10. The first-order chi connectivity index (χ1) is 12.8. The van der Waals surface area contributed by atoms with Crippen LogP contribution in [0.25, 0.3) is 0 Å². The van der Waals surface area contributed by atoms with Crippen LogP contribution < -0.4 is 10.0 Å². The summed E-state index contributed by atoms with van der Waals surface area (Å²) in [4.78, 5) is 12.5. The van der Waals surface area contributed by atoms with Crippen molar-refractivity contribution in [1.29, 1.82) is 0 Å². The van der Waals surface area contributed by atoms with Gasteiger partial charge in [0.15, 0.2) is 0 Å². The second-order valence-electron chi connectivity index (χ2n) is 5.60. The Morgan fingerprint density at radius 3 is 1.93 bits per heavy atom. The van der Waals surface area contributed by atoms with E-state index in [-0.39, 0.29) is 16.4 Å². The lowest BCUT2D eigenvalue weighted by atomic mass is 10.2. The van der Waals surface area contributed by atoms with Gasteiger partial charge in [-0.05, 0) is 112 Å². The van der Waals surface area contributed by atoms with Crippen molar-refractivity contribution in [3.05, 3.63) is 85.5 Å². The minimum Gasteiger partial charge on any atom is -0.322 e. The second kappa shape index (κ2) is 8.57. The molecule has 0 saturated carbocycles. The molecule has 3 aromatic rings. The summed E-state index contributed by atoms with van der Waals surface area (Å²) < 4.78 is 29.8. The fourth-order valence-electron chi connectivity index (χ4n) is 2.27. The highest BCUT2D eigenvalue weighted by molar-refractivity contribution is 14.1. The Labute approximate surface area is 184 Å². The molecular formula is C19H14I2N2O3S. The summed E-state index contributed by atoms with van der Waals surface area (Å²) in [5.74, 6) is -0.373. The van der Waals surface area contributed by atoms with Crippen molar-refractivity contribution in [3.63, 3.8) is 0 Å². The van der Waals surface area contributed by atoms with Gasteiger partial charge in [-0.3, -0.25) is 9.52 Å². The Hall–Kier alpha value is -1.66. The molecule has 0 bridgehead atoms. The van der Waals surface area contributed by atoms with Gasteiger partial charge in [-0.2, -0.15) is 0 Å². The minimum atomic E-state index is -3.79. The Bertz CT molecular complexity index is 1070. The molecule has 0 spiro atoms. The predicted molar refractivity (Wildman–Crippen MR) is 124 cm³/mol. The monoisotopic (exact) mass is 604 g/mol. The van der Waals surface area contributed by atoms with Crippen LogP contribution in [0.4, 0.5) is 11.4 Å². The number of benzene rings is 3. The lowest BCUT2D eigenvalue weighted by molar-refractivity contribution is 0.102. The molecule has 5 nitrogen and oxygen atoms in total. The van der Waals surface area contributed by atoms with Gasteiger partial charge in [-0.25, -0.2) is 8.42 Å². The van der Waals surface area contributed by atoms with Crippen LogP contribution in [-0.2, 0) is 10.0 Å². The van der Waals surface area contributed by atoms with Crippen LogP contribution in [0.1, 0.15) is 10.4 Å². The summed E-state index contributed by atoms with van der Waals surface area (Å²) >= 11 is 4.32. The largest absolute Gasteiger partial charge is 0.322 e. The molecule has 3 aromatic carbocycles. The molecule has 2 N–H and O–H groups in total. The number of halogens is 2. The number of carbonyl (C=O) groups is 1. The van der Waals surface area contributed by atoms with E-state index in [9.17, 15) is 13.2 Å². The zero-order valence-corrected chi connectivity index (χ0v) is 18.9. The van der Waals surface area contributed by atoms with E-state index in [4.69, 9.17) is 0 Å². The van der Waals surface area contributed by atoms with Crippen molar-refractivity contribution in [2.75, 3.05) is 10.0 Å². The summed E-state index contributed by atoms with van der Waals surface area (Å²) in [6.07, 6.45) is 0. The molecule has 138 valence electrons. The van der Waals surface area contributed by atoms with Gasteiger partial charge in [0.2, 0.25) is 0 Å². The number of nitrogens with one attached hydrogen (secondary N) is 2. The van der Waals surface area contributed by atoms with E-state index in [0.717, 1.165) is 7.14 Å². The normalized spacial score (nSPS) is 11.0. The summed E-state index contributed by atoms with van der Waals surface area (Å²) in [5, 5.41) is 2.76. The SMILES string of the molecule is O=C(Nc1ccc(I)cc1)c1cccc(S(=O)(=O)Nc2ccc(I)cc2)c1. The molecule has 0 saturated heterocycles. The standard InChI is InChI=1S/C19H14I2N2O3S/c20-14-4-8-16(9-5-14)22-19(24)13-2-1-3-18(12-13)27(25,26)23-17-10-6-15(21)7-11-17/h1-12,23H,(H,22,24). The van der Waals surface area contributed by atoms with Gasteiger partial charge in [0, 0.05) is 24.1 Å². The zero-order valence-electron chi connectivity index (χ0n) is 13.8. The van der Waals surface area contributed by atoms with Crippen molar-refractivity contribution in [2.24, 2.45) is 0 Å². The van der Waals surface area contributed by atoms with Crippen LogP contribution in [0.2, 0.25) is 0 Å². The predicted octanol–water partition coefficient (Wildman–Crippen LogP) is 4.95. The first-order valence-corrected chi connectivity index (χ1v) is 11.4. The van der Waals surface area contributed by atoms with E-state index in [2.05, 4.69) is 55.2 Å². The lowest BCUT2D eigenvalue weighted by Gasteiger charge is -2.10. The number of sulfonamides is 1. The molecule has 0 radical (unpaired) electrons. The average Bonchev–Trinajstić information content (AvgIpc) is 2.65. The Kier molecular flexibility index (Phi) is 6.37. The molecule has 0 atom stereocenters. The van der Waals surface area contributed by atoms with Gasteiger partial charge in [0.1, 0.15) is 0 Å². The number of carbonyl (C=O) groups excluding carboxylic acids is 1. The number of hydrogen-bond donors (Lipinski definition) is 2. The number of anilines is 2. The van der Waals surface area contributed by atoms with E-state index in [0.29, 0.717) is 11.4 Å². The molecule has 0 fully saturated rings. The zero-order chi connectivity index (χ0) is 19.4. The molecule has 0 aliphatic rings. The average molecular weight is 604 g/mol. The fraction of sp³-hybridized carbons (Fsp3) is 0. The van der Waals surface area contributed by atoms with Gasteiger partial charge in [-0.1, -0.05) is 6.07 Å². The van der Waals surface area contributed by atoms with Gasteiger partial charge in [-0.15, -0.1) is 0 Å². The molecule has 1 amide bonds. The highest BCUT2D eigenvalue weighted by Crippen LogP contribution is 2.19. The first-order valence-electron chi connectivity index (χ1n) is 7.79. The Morgan fingerprint density at radius 2 is 1.33 bits per heavy atom. The van der Waals surface area contributed by atoms with Crippen molar-refractivity contribution in [3.8, 4) is 0 Å². The van der Waals surface area contributed by atoms with Crippen LogP contribution >= 0.6 is 45.2 Å². The van der Waals surface area contributed by atoms with E-state index >= 15 is 0 Å². The van der Waals surface area contributed by atoms with Gasteiger partial charge >= 0.3 is 0 Å². The smallest absolute Gasteiger partial charge is 0.261 e. The van der Waals surface area contributed by atoms with Crippen LogP contribution in [0.3, 0.4) is 0 Å².